The van der Waals surface area contributed by atoms with Crippen molar-refractivity contribution in [2.75, 3.05) is 25.1 Å². The number of ether oxygens (including phenoxy) is 2. The van der Waals surface area contributed by atoms with Gasteiger partial charge in [-0.1, -0.05) is 35.3 Å². The molecular formula is C22H18Cl2FN3O6. The van der Waals surface area contributed by atoms with Crippen LogP contribution in [0.2, 0.25) is 10.0 Å². The summed E-state index contributed by atoms with van der Waals surface area (Å²) in [7, 11) is 0. The maximum atomic E-state index is 13.7. The van der Waals surface area contributed by atoms with Gasteiger partial charge in [0.25, 0.3) is 5.91 Å². The van der Waals surface area contributed by atoms with Crippen LogP contribution in [0.15, 0.2) is 42.1 Å². The fourth-order valence-electron chi connectivity index (χ4n) is 2.91. The summed E-state index contributed by atoms with van der Waals surface area (Å²) in [6.07, 6.45) is 1.31. The lowest BCUT2D eigenvalue weighted by atomic mass is 10.1. The van der Waals surface area contributed by atoms with E-state index < -0.39 is 42.8 Å². The lowest BCUT2D eigenvalue weighted by molar-refractivity contribution is -0.145. The Bertz CT molecular complexity index is 1160. The van der Waals surface area contributed by atoms with Crippen molar-refractivity contribution in [3.8, 4) is 5.75 Å². The van der Waals surface area contributed by atoms with Crippen LogP contribution in [0.4, 0.5) is 14.9 Å². The van der Waals surface area contributed by atoms with E-state index in [1.165, 1.54) is 36.4 Å². The lowest BCUT2D eigenvalue weighted by Crippen LogP contribution is -2.38. The Labute approximate surface area is 203 Å². The number of esters is 1. The highest BCUT2D eigenvalue weighted by Crippen LogP contribution is 2.35. The zero-order chi connectivity index (χ0) is 24.8. The second-order valence-electron chi connectivity index (χ2n) is 6.81. The number of carbonyl (C=O) groups excluding carboxylic acids is 4. The molecule has 2 N–H and O–H groups in total. The molecule has 2 aromatic carbocycles. The number of anilines is 1. The number of nitrogens with zero attached hydrogens (tertiary/aromatic N) is 1. The van der Waals surface area contributed by atoms with Gasteiger partial charge in [-0.3, -0.25) is 9.59 Å². The van der Waals surface area contributed by atoms with E-state index in [-0.39, 0.29) is 33.8 Å². The number of hydrogen-bond donors (Lipinski definition) is 2. The largest absolute Gasteiger partial charge is 0.479 e. The molecule has 4 amide bonds. The van der Waals surface area contributed by atoms with Crippen molar-refractivity contribution in [3.63, 3.8) is 0 Å². The van der Waals surface area contributed by atoms with E-state index in [1.807, 2.05) is 0 Å². The number of benzene rings is 2. The number of rotatable bonds is 8. The molecule has 1 heterocycles. The Morgan fingerprint density at radius 1 is 1.18 bits per heavy atom. The number of urea groups is 1. The molecule has 2 aromatic rings. The molecule has 1 fully saturated rings. The van der Waals surface area contributed by atoms with Crippen molar-refractivity contribution in [2.45, 2.75) is 6.92 Å². The molecule has 0 unspecified atom stereocenters. The molecule has 178 valence electrons. The van der Waals surface area contributed by atoms with Gasteiger partial charge in [0.1, 0.15) is 18.1 Å². The predicted octanol–water partition coefficient (Wildman–Crippen LogP) is 3.61. The van der Waals surface area contributed by atoms with Crippen molar-refractivity contribution < 1.29 is 33.0 Å². The van der Waals surface area contributed by atoms with Crippen molar-refractivity contribution in [1.29, 1.82) is 0 Å². The Morgan fingerprint density at radius 3 is 2.50 bits per heavy atom. The zero-order valence-corrected chi connectivity index (χ0v) is 19.2. The zero-order valence-electron chi connectivity index (χ0n) is 17.7. The number of amides is 4. The minimum absolute atomic E-state index is 0.0479. The summed E-state index contributed by atoms with van der Waals surface area (Å²) in [5, 5.41) is 4.77. The Kier molecular flexibility index (Phi) is 8.08. The normalized spacial score (nSPS) is 14.2. The molecule has 0 atom stereocenters. The van der Waals surface area contributed by atoms with E-state index in [0.29, 0.717) is 10.5 Å². The highest BCUT2D eigenvalue weighted by atomic mass is 35.5. The molecule has 0 radical (unpaired) electrons. The van der Waals surface area contributed by atoms with Gasteiger partial charge in [0.15, 0.2) is 12.4 Å². The number of nitrogens with one attached hydrogen (secondary N) is 2. The summed E-state index contributed by atoms with van der Waals surface area (Å²) in [5.74, 6) is -2.74. The van der Waals surface area contributed by atoms with Gasteiger partial charge in [0.05, 0.1) is 22.3 Å². The fraction of sp³-hybridized carbons (Fsp3) is 0.182. The van der Waals surface area contributed by atoms with Crippen LogP contribution in [0, 0.1) is 5.82 Å². The highest BCUT2D eigenvalue weighted by Gasteiger charge is 2.35. The van der Waals surface area contributed by atoms with E-state index in [2.05, 4.69) is 10.6 Å². The van der Waals surface area contributed by atoms with Crippen molar-refractivity contribution in [2.24, 2.45) is 0 Å². The first kappa shape index (κ1) is 25.0. The first-order chi connectivity index (χ1) is 16.2. The third-order valence-electron chi connectivity index (χ3n) is 4.38. The Hall–Kier alpha value is -3.63. The van der Waals surface area contributed by atoms with E-state index in [4.69, 9.17) is 32.7 Å². The molecule has 0 aliphatic carbocycles. The minimum atomic E-state index is -0.827. The summed E-state index contributed by atoms with van der Waals surface area (Å²) >= 11 is 12.4. The van der Waals surface area contributed by atoms with Crippen molar-refractivity contribution >= 4 is 58.8 Å². The third-order valence-corrected chi connectivity index (χ3v) is 4.94. The Balaban J connectivity index is 1.70. The monoisotopic (exact) mass is 509 g/mol. The maximum Gasteiger partial charge on any atom is 0.344 e. The van der Waals surface area contributed by atoms with Gasteiger partial charge < -0.3 is 20.1 Å². The third kappa shape index (κ3) is 6.03. The summed E-state index contributed by atoms with van der Waals surface area (Å²) < 4.78 is 23.8. The molecule has 1 aliphatic rings. The van der Waals surface area contributed by atoms with Crippen molar-refractivity contribution in [3.05, 3.63) is 63.5 Å². The van der Waals surface area contributed by atoms with E-state index in [9.17, 15) is 23.6 Å². The fourth-order valence-corrected chi connectivity index (χ4v) is 3.53. The molecule has 0 bridgehead atoms. The topological polar surface area (TPSA) is 114 Å². The van der Waals surface area contributed by atoms with Gasteiger partial charge in [0, 0.05) is 0 Å². The van der Waals surface area contributed by atoms with Gasteiger partial charge >= 0.3 is 12.0 Å². The predicted molar refractivity (Wildman–Crippen MR) is 122 cm³/mol. The van der Waals surface area contributed by atoms with Crippen LogP contribution in [0.5, 0.6) is 5.75 Å². The number of halogens is 3. The van der Waals surface area contributed by atoms with Crippen LogP contribution in [0.3, 0.4) is 0 Å². The van der Waals surface area contributed by atoms with Gasteiger partial charge in [0.2, 0.25) is 5.91 Å². The average molecular weight is 510 g/mol. The first-order valence-electron chi connectivity index (χ1n) is 9.86. The number of hydrogen-bond acceptors (Lipinski definition) is 6. The maximum absolute atomic E-state index is 13.7. The van der Waals surface area contributed by atoms with Gasteiger partial charge in [-0.15, -0.1) is 0 Å². The van der Waals surface area contributed by atoms with Crippen LogP contribution in [-0.4, -0.2) is 48.5 Å². The van der Waals surface area contributed by atoms with E-state index in [0.717, 1.165) is 6.07 Å². The molecule has 0 aromatic heterocycles. The molecule has 0 saturated carbocycles. The summed E-state index contributed by atoms with van der Waals surface area (Å²) in [4.78, 5) is 49.2. The standard InChI is InChI=1S/C22H18Cl2FN3O6/c1-2-33-19(30)11-34-20-13(23)7-12(8-14(20)24)9-17-21(31)28(22(32)27-17)10-18(29)26-16-6-4-3-5-15(16)25/h3-9H,2,10-11H2,1H3,(H,26,29)(H,27,32)/b17-9+. The van der Waals surface area contributed by atoms with Crippen LogP contribution in [0.1, 0.15) is 12.5 Å². The Morgan fingerprint density at radius 2 is 1.85 bits per heavy atom. The lowest BCUT2D eigenvalue weighted by Gasteiger charge is -2.12. The second-order valence-corrected chi connectivity index (χ2v) is 7.63. The second kappa shape index (κ2) is 11.0. The van der Waals surface area contributed by atoms with Gasteiger partial charge in [-0.2, -0.15) is 0 Å². The smallest absolute Gasteiger partial charge is 0.344 e. The molecule has 0 spiro atoms. The molecule has 1 aliphatic heterocycles. The minimum Gasteiger partial charge on any atom is -0.479 e. The molecule has 34 heavy (non-hydrogen) atoms. The van der Waals surface area contributed by atoms with Crippen molar-refractivity contribution in [1.82, 2.24) is 10.2 Å². The average Bonchev–Trinajstić information content (AvgIpc) is 3.02. The van der Waals surface area contributed by atoms with Crippen LogP contribution >= 0.6 is 23.2 Å². The summed E-state index contributed by atoms with van der Waals surface area (Å²) in [6.45, 7) is 0.822. The number of para-hydroxylation sites is 1. The van der Waals surface area contributed by atoms with Gasteiger partial charge in [-0.25, -0.2) is 18.9 Å². The molecule has 9 nitrogen and oxygen atoms in total. The molecule has 1 saturated heterocycles. The molecular weight excluding hydrogens is 492 g/mol. The highest BCUT2D eigenvalue weighted by molar-refractivity contribution is 6.37. The first-order valence-corrected chi connectivity index (χ1v) is 10.6. The van der Waals surface area contributed by atoms with Crippen LogP contribution in [-0.2, 0) is 19.1 Å². The van der Waals surface area contributed by atoms with E-state index in [1.54, 1.807) is 6.92 Å². The number of carbonyl (C=O) groups is 4. The molecule has 12 heteroatoms. The van der Waals surface area contributed by atoms with Crippen LogP contribution in [0.25, 0.3) is 6.08 Å². The van der Waals surface area contributed by atoms with Crippen LogP contribution < -0.4 is 15.4 Å². The SMILES string of the molecule is CCOC(=O)COc1c(Cl)cc(/C=C2/NC(=O)N(CC(=O)Nc3ccccc3F)C2=O)cc1Cl. The van der Waals surface area contributed by atoms with Gasteiger partial charge in [-0.05, 0) is 42.8 Å². The summed E-state index contributed by atoms with van der Waals surface area (Å²) in [5.41, 5.74) is 0.140. The summed E-state index contributed by atoms with van der Waals surface area (Å²) in [6, 6.07) is 7.48. The quantitative estimate of drug-likeness (QED) is 0.319. The molecule has 3 rings (SSSR count). The van der Waals surface area contributed by atoms with E-state index >= 15 is 0 Å². The number of imide groups is 1.